The SMILES string of the molecule is C#CC1(O)CCN(C(=O)c2ccc(-c3cn[nH]c3)cc2)CC1. The average Bonchev–Trinajstić information content (AvgIpc) is 3.10. The molecule has 1 aliphatic rings. The Morgan fingerprint density at radius 2 is 1.95 bits per heavy atom. The monoisotopic (exact) mass is 295 g/mol. The van der Waals surface area contributed by atoms with Crippen molar-refractivity contribution in [3.63, 3.8) is 0 Å². The topological polar surface area (TPSA) is 69.2 Å². The lowest BCUT2D eigenvalue weighted by atomic mass is 9.92. The van der Waals surface area contributed by atoms with Crippen molar-refractivity contribution in [2.75, 3.05) is 13.1 Å². The highest BCUT2D eigenvalue weighted by atomic mass is 16.3. The maximum atomic E-state index is 12.5. The number of nitrogens with zero attached hydrogens (tertiary/aromatic N) is 2. The van der Waals surface area contributed by atoms with Crippen LogP contribution in [-0.4, -0.2) is 44.8 Å². The number of carbonyl (C=O) groups excluding carboxylic acids is 1. The Bertz CT molecular complexity index is 691. The summed E-state index contributed by atoms with van der Waals surface area (Å²) in [6.07, 6.45) is 9.71. The smallest absolute Gasteiger partial charge is 0.253 e. The molecule has 0 unspecified atom stereocenters. The van der Waals surface area contributed by atoms with E-state index in [1.165, 1.54) is 0 Å². The molecule has 5 heteroatoms. The lowest BCUT2D eigenvalue weighted by molar-refractivity contribution is 0.0250. The summed E-state index contributed by atoms with van der Waals surface area (Å²) < 4.78 is 0. The van der Waals surface area contributed by atoms with Crippen LogP contribution in [0.5, 0.6) is 0 Å². The van der Waals surface area contributed by atoms with Crippen LogP contribution in [-0.2, 0) is 0 Å². The number of aliphatic hydroxyl groups is 1. The van der Waals surface area contributed by atoms with Crippen LogP contribution in [0.15, 0.2) is 36.7 Å². The van der Waals surface area contributed by atoms with Crippen LogP contribution in [0.3, 0.4) is 0 Å². The van der Waals surface area contributed by atoms with E-state index in [4.69, 9.17) is 6.42 Å². The Morgan fingerprint density at radius 1 is 1.27 bits per heavy atom. The number of hydrogen-bond acceptors (Lipinski definition) is 3. The number of H-pyrrole nitrogens is 1. The van der Waals surface area contributed by atoms with Gasteiger partial charge in [0.15, 0.2) is 0 Å². The highest BCUT2D eigenvalue weighted by Gasteiger charge is 2.32. The molecule has 2 aromatic rings. The molecule has 1 aromatic heterocycles. The predicted molar refractivity (Wildman–Crippen MR) is 82.9 cm³/mol. The van der Waals surface area contributed by atoms with Gasteiger partial charge in [0.1, 0.15) is 5.60 Å². The molecule has 1 amide bonds. The highest BCUT2D eigenvalue weighted by molar-refractivity contribution is 5.94. The highest BCUT2D eigenvalue weighted by Crippen LogP contribution is 2.23. The Hall–Kier alpha value is -2.58. The first-order valence-corrected chi connectivity index (χ1v) is 7.20. The molecule has 1 aliphatic heterocycles. The van der Waals surface area contributed by atoms with Gasteiger partial charge in [-0.25, -0.2) is 0 Å². The molecule has 0 saturated carbocycles. The van der Waals surface area contributed by atoms with Crippen molar-refractivity contribution in [3.05, 3.63) is 42.2 Å². The number of rotatable bonds is 2. The van der Waals surface area contributed by atoms with Gasteiger partial charge in [0.2, 0.25) is 0 Å². The third-order valence-electron chi connectivity index (χ3n) is 4.11. The van der Waals surface area contributed by atoms with E-state index in [0.717, 1.165) is 11.1 Å². The van der Waals surface area contributed by atoms with E-state index >= 15 is 0 Å². The maximum Gasteiger partial charge on any atom is 0.253 e. The van der Waals surface area contributed by atoms with E-state index in [1.54, 1.807) is 11.1 Å². The molecule has 0 bridgehead atoms. The van der Waals surface area contributed by atoms with Gasteiger partial charge in [-0.15, -0.1) is 6.42 Å². The second kappa shape index (κ2) is 5.66. The summed E-state index contributed by atoms with van der Waals surface area (Å²) >= 11 is 0. The molecule has 3 rings (SSSR count). The van der Waals surface area contributed by atoms with E-state index in [-0.39, 0.29) is 5.91 Å². The third-order valence-corrected chi connectivity index (χ3v) is 4.11. The van der Waals surface area contributed by atoms with E-state index in [0.29, 0.717) is 31.5 Å². The summed E-state index contributed by atoms with van der Waals surface area (Å²) in [4.78, 5) is 14.2. The summed E-state index contributed by atoms with van der Waals surface area (Å²) in [7, 11) is 0. The van der Waals surface area contributed by atoms with Gasteiger partial charge in [0.05, 0.1) is 6.20 Å². The van der Waals surface area contributed by atoms with Gasteiger partial charge in [-0.2, -0.15) is 5.10 Å². The fourth-order valence-electron chi connectivity index (χ4n) is 2.62. The number of likely N-dealkylation sites (tertiary alicyclic amines) is 1. The fourth-order valence-corrected chi connectivity index (χ4v) is 2.62. The van der Waals surface area contributed by atoms with Crippen LogP contribution in [0.2, 0.25) is 0 Å². The number of piperidine rings is 1. The van der Waals surface area contributed by atoms with Crippen LogP contribution >= 0.6 is 0 Å². The molecular formula is C17H17N3O2. The van der Waals surface area contributed by atoms with Crippen molar-refractivity contribution in [2.45, 2.75) is 18.4 Å². The third kappa shape index (κ3) is 2.74. The minimum Gasteiger partial charge on any atom is -0.377 e. The Kier molecular flexibility index (Phi) is 3.70. The van der Waals surface area contributed by atoms with Gasteiger partial charge in [0.25, 0.3) is 5.91 Å². The number of amides is 1. The zero-order valence-corrected chi connectivity index (χ0v) is 12.1. The molecule has 2 N–H and O–H groups in total. The molecule has 2 heterocycles. The Balaban J connectivity index is 1.70. The molecule has 22 heavy (non-hydrogen) atoms. The van der Waals surface area contributed by atoms with Crippen LogP contribution in [0.25, 0.3) is 11.1 Å². The molecule has 0 atom stereocenters. The van der Waals surface area contributed by atoms with Crippen LogP contribution in [0.1, 0.15) is 23.2 Å². The number of carbonyl (C=O) groups is 1. The summed E-state index contributed by atoms with van der Waals surface area (Å²) in [5.41, 5.74) is 1.56. The van der Waals surface area contributed by atoms with E-state index in [2.05, 4.69) is 16.1 Å². The van der Waals surface area contributed by atoms with Gasteiger partial charge >= 0.3 is 0 Å². The number of terminal acetylenes is 1. The van der Waals surface area contributed by atoms with Crippen molar-refractivity contribution in [1.82, 2.24) is 15.1 Å². The van der Waals surface area contributed by atoms with Crippen molar-refractivity contribution in [1.29, 1.82) is 0 Å². The molecular weight excluding hydrogens is 278 g/mol. The number of aromatic amines is 1. The molecule has 0 aliphatic carbocycles. The van der Waals surface area contributed by atoms with Gasteiger partial charge in [-0.1, -0.05) is 18.1 Å². The van der Waals surface area contributed by atoms with Crippen molar-refractivity contribution in [2.24, 2.45) is 0 Å². The molecule has 5 nitrogen and oxygen atoms in total. The Labute approximate surface area is 129 Å². The van der Waals surface area contributed by atoms with Gasteiger partial charge in [-0.05, 0) is 17.7 Å². The first-order chi connectivity index (χ1) is 10.6. The minimum absolute atomic E-state index is 0.0298. The predicted octanol–water partition coefficient (Wildman–Crippen LogP) is 1.68. The zero-order chi connectivity index (χ0) is 15.6. The van der Waals surface area contributed by atoms with Crippen molar-refractivity contribution >= 4 is 5.91 Å². The van der Waals surface area contributed by atoms with Crippen LogP contribution in [0.4, 0.5) is 0 Å². The van der Waals surface area contributed by atoms with Crippen molar-refractivity contribution in [3.8, 4) is 23.5 Å². The minimum atomic E-state index is -1.07. The van der Waals surface area contributed by atoms with Gasteiger partial charge < -0.3 is 10.0 Å². The van der Waals surface area contributed by atoms with E-state index < -0.39 is 5.60 Å². The molecule has 112 valence electrons. The zero-order valence-electron chi connectivity index (χ0n) is 12.1. The quantitative estimate of drug-likeness (QED) is 0.828. The van der Waals surface area contributed by atoms with E-state index in [9.17, 15) is 9.90 Å². The van der Waals surface area contributed by atoms with Gasteiger partial charge in [-0.3, -0.25) is 9.89 Å². The van der Waals surface area contributed by atoms with Crippen LogP contribution < -0.4 is 0 Å². The van der Waals surface area contributed by atoms with E-state index in [1.807, 2.05) is 30.5 Å². The largest absolute Gasteiger partial charge is 0.377 e. The van der Waals surface area contributed by atoms with Gasteiger partial charge in [0, 0.05) is 43.3 Å². The lowest BCUT2D eigenvalue weighted by Crippen LogP contribution is -2.45. The lowest BCUT2D eigenvalue weighted by Gasteiger charge is -2.35. The number of hydrogen-bond donors (Lipinski definition) is 2. The van der Waals surface area contributed by atoms with Crippen molar-refractivity contribution < 1.29 is 9.90 Å². The standard InChI is InChI=1S/C17H17N3O2/c1-2-17(22)7-9-20(10-8-17)16(21)14-5-3-13(4-6-14)15-11-18-19-12-15/h1,3-6,11-12,22H,7-10H2,(H,18,19). The van der Waals surface area contributed by atoms with Crippen LogP contribution in [0, 0.1) is 12.3 Å². The summed E-state index contributed by atoms with van der Waals surface area (Å²) in [6.45, 7) is 0.950. The number of benzene rings is 1. The second-order valence-corrected chi connectivity index (χ2v) is 5.53. The first-order valence-electron chi connectivity index (χ1n) is 7.20. The maximum absolute atomic E-state index is 12.5. The molecule has 0 spiro atoms. The summed E-state index contributed by atoms with van der Waals surface area (Å²) in [5, 5.41) is 16.7. The fraction of sp³-hybridized carbons (Fsp3) is 0.294. The first kappa shape index (κ1) is 14.4. The summed E-state index contributed by atoms with van der Waals surface area (Å²) in [5.74, 6) is 2.38. The number of nitrogens with one attached hydrogen (secondary N) is 1. The normalized spacial score (nSPS) is 17.0. The molecule has 1 saturated heterocycles. The Morgan fingerprint density at radius 3 is 2.50 bits per heavy atom. The molecule has 1 aromatic carbocycles. The molecule has 1 fully saturated rings. The molecule has 0 radical (unpaired) electrons. The average molecular weight is 295 g/mol. The number of aromatic nitrogens is 2. The second-order valence-electron chi connectivity index (χ2n) is 5.53. The summed E-state index contributed by atoms with van der Waals surface area (Å²) in [6, 6.07) is 7.43.